The summed E-state index contributed by atoms with van der Waals surface area (Å²) < 4.78 is 22.7. The first-order valence-corrected chi connectivity index (χ1v) is 9.56. The topological polar surface area (TPSA) is 57.0 Å². The fourth-order valence-corrected chi connectivity index (χ4v) is 2.84. The molecule has 2 heterocycles. The Labute approximate surface area is 171 Å². The van der Waals surface area contributed by atoms with Crippen molar-refractivity contribution in [2.45, 2.75) is 20.8 Å². The molecule has 1 aromatic carbocycles. The van der Waals surface area contributed by atoms with Crippen molar-refractivity contribution in [1.82, 2.24) is 14.8 Å². The van der Waals surface area contributed by atoms with Crippen molar-refractivity contribution in [3.8, 4) is 28.3 Å². The zero-order valence-electron chi connectivity index (χ0n) is 16.2. The van der Waals surface area contributed by atoms with Gasteiger partial charge in [-0.2, -0.15) is 5.10 Å². The second-order valence-electron chi connectivity index (χ2n) is 7.53. The van der Waals surface area contributed by atoms with Crippen LogP contribution in [0.15, 0.2) is 47.2 Å². The molecule has 0 bridgehead atoms. The third-order valence-electron chi connectivity index (χ3n) is 4.24. The summed E-state index contributed by atoms with van der Waals surface area (Å²) in [5, 5.41) is 4.15. The van der Waals surface area contributed by atoms with Crippen molar-refractivity contribution in [2.75, 3.05) is 6.61 Å². The van der Waals surface area contributed by atoms with Gasteiger partial charge in [-0.15, -0.1) is 0 Å². The maximum Gasteiger partial charge on any atom is 0.175 e. The van der Waals surface area contributed by atoms with Gasteiger partial charge in [-0.25, -0.2) is 9.37 Å². The Morgan fingerprint density at radius 2 is 2.00 bits per heavy atom. The van der Waals surface area contributed by atoms with Crippen LogP contribution in [0, 0.1) is 11.2 Å². The summed E-state index contributed by atoms with van der Waals surface area (Å²) in [7, 11) is 1.81. The van der Waals surface area contributed by atoms with Crippen LogP contribution in [-0.2, 0) is 11.8 Å². The number of ether oxygens (including phenoxy) is 1. The van der Waals surface area contributed by atoms with E-state index in [1.807, 2.05) is 34.0 Å². The summed E-state index contributed by atoms with van der Waals surface area (Å²) in [5.74, 6) is -0.130. The molecule has 2 aromatic heterocycles. The number of aromatic nitrogens is 3. The number of rotatable bonds is 5. The molecule has 0 saturated heterocycles. The number of carbonyl (C=O) groups is 1. The third kappa shape index (κ3) is 4.47. The second-order valence-corrected chi connectivity index (χ2v) is 8.45. The van der Waals surface area contributed by atoms with E-state index in [1.54, 1.807) is 35.1 Å². The van der Waals surface area contributed by atoms with Crippen LogP contribution in [0.3, 0.4) is 0 Å². The zero-order chi connectivity index (χ0) is 20.5. The number of ketones is 1. The summed E-state index contributed by atoms with van der Waals surface area (Å²) in [6.45, 7) is 5.38. The number of aryl methyl sites for hydroxylation is 1. The van der Waals surface area contributed by atoms with Crippen LogP contribution in [0.5, 0.6) is 5.75 Å². The number of pyridine rings is 1. The predicted molar refractivity (Wildman–Crippen MR) is 109 cm³/mol. The molecule has 0 aliphatic heterocycles. The molecule has 0 fully saturated rings. The first kappa shape index (κ1) is 20.2. The van der Waals surface area contributed by atoms with Crippen LogP contribution in [0.1, 0.15) is 20.8 Å². The second kappa shape index (κ2) is 7.83. The maximum absolute atomic E-state index is 14.6. The smallest absolute Gasteiger partial charge is 0.175 e. The van der Waals surface area contributed by atoms with E-state index >= 15 is 0 Å². The van der Waals surface area contributed by atoms with Crippen molar-refractivity contribution in [3.05, 3.63) is 53.0 Å². The van der Waals surface area contributed by atoms with Gasteiger partial charge in [-0.3, -0.25) is 9.48 Å². The molecular weight excluding hydrogens is 425 g/mol. The van der Waals surface area contributed by atoms with Gasteiger partial charge in [0.05, 0.1) is 11.9 Å². The highest BCUT2D eigenvalue weighted by molar-refractivity contribution is 9.10. The Morgan fingerprint density at radius 3 is 2.61 bits per heavy atom. The number of Topliss-reactive ketones (excluding diaryl/α,β-unsaturated/α-hetero) is 1. The predicted octanol–water partition coefficient (Wildman–Crippen LogP) is 5.04. The standard InChI is InChI=1S/C21H21BrFN3O2/c1-21(2,3)19(27)12-28-18-8-7-17(13-10-24-26(4)11-13)25-20(18)15-6-5-14(22)9-16(15)23/h5-11H,12H2,1-4H3. The van der Waals surface area contributed by atoms with Gasteiger partial charge in [0.1, 0.15) is 23.9 Å². The van der Waals surface area contributed by atoms with Gasteiger partial charge in [0.15, 0.2) is 5.78 Å². The average Bonchev–Trinajstić information content (AvgIpc) is 3.05. The van der Waals surface area contributed by atoms with Crippen molar-refractivity contribution in [2.24, 2.45) is 12.5 Å². The van der Waals surface area contributed by atoms with Gasteiger partial charge in [-0.05, 0) is 30.3 Å². The Kier molecular flexibility index (Phi) is 5.65. The van der Waals surface area contributed by atoms with Crippen LogP contribution in [0.25, 0.3) is 22.5 Å². The van der Waals surface area contributed by atoms with E-state index in [9.17, 15) is 9.18 Å². The van der Waals surface area contributed by atoms with E-state index in [-0.39, 0.29) is 12.4 Å². The van der Waals surface area contributed by atoms with Crippen LogP contribution in [-0.4, -0.2) is 27.2 Å². The number of halogens is 2. The number of benzene rings is 1. The highest BCUT2D eigenvalue weighted by Crippen LogP contribution is 2.34. The fourth-order valence-electron chi connectivity index (χ4n) is 2.51. The molecule has 0 aliphatic carbocycles. The number of hydrogen-bond donors (Lipinski definition) is 0. The third-order valence-corrected chi connectivity index (χ3v) is 4.73. The molecule has 3 rings (SSSR count). The minimum atomic E-state index is -0.522. The number of hydrogen-bond acceptors (Lipinski definition) is 4. The van der Waals surface area contributed by atoms with E-state index in [0.29, 0.717) is 27.2 Å². The van der Waals surface area contributed by atoms with Crippen molar-refractivity contribution in [1.29, 1.82) is 0 Å². The minimum absolute atomic E-state index is 0.0499. The van der Waals surface area contributed by atoms with Crippen LogP contribution >= 0.6 is 15.9 Å². The molecule has 0 saturated carbocycles. The number of nitrogens with zero attached hydrogens (tertiary/aromatic N) is 3. The molecule has 0 N–H and O–H groups in total. The normalized spacial score (nSPS) is 11.5. The fraction of sp³-hybridized carbons (Fsp3) is 0.286. The summed E-state index contributed by atoms with van der Waals surface area (Å²) in [5.41, 5.74) is 1.56. The lowest BCUT2D eigenvalue weighted by molar-refractivity contribution is -0.128. The lowest BCUT2D eigenvalue weighted by Gasteiger charge is -2.18. The first-order valence-electron chi connectivity index (χ1n) is 8.77. The molecular formula is C21H21BrFN3O2. The minimum Gasteiger partial charge on any atom is -0.484 e. The summed E-state index contributed by atoms with van der Waals surface area (Å²) >= 11 is 3.27. The molecule has 3 aromatic rings. The van der Waals surface area contributed by atoms with Gasteiger partial charge in [0, 0.05) is 34.3 Å². The van der Waals surface area contributed by atoms with Gasteiger partial charge in [0.25, 0.3) is 0 Å². The molecule has 0 aliphatic rings. The van der Waals surface area contributed by atoms with Crippen molar-refractivity contribution in [3.63, 3.8) is 0 Å². The lowest BCUT2D eigenvalue weighted by atomic mass is 9.91. The van der Waals surface area contributed by atoms with Crippen LogP contribution in [0.4, 0.5) is 4.39 Å². The van der Waals surface area contributed by atoms with Gasteiger partial charge >= 0.3 is 0 Å². The van der Waals surface area contributed by atoms with E-state index in [4.69, 9.17) is 4.74 Å². The molecule has 0 unspecified atom stereocenters. The van der Waals surface area contributed by atoms with Gasteiger partial charge in [-0.1, -0.05) is 36.7 Å². The molecule has 0 atom stereocenters. The Balaban J connectivity index is 2.04. The van der Waals surface area contributed by atoms with Crippen molar-refractivity contribution < 1.29 is 13.9 Å². The molecule has 0 amide bonds. The average molecular weight is 446 g/mol. The SMILES string of the molecule is Cn1cc(-c2ccc(OCC(=O)C(C)(C)C)c(-c3ccc(Br)cc3F)n2)cn1. The highest BCUT2D eigenvalue weighted by atomic mass is 79.9. The summed E-state index contributed by atoms with van der Waals surface area (Å²) in [6.07, 6.45) is 3.52. The zero-order valence-corrected chi connectivity index (χ0v) is 17.7. The van der Waals surface area contributed by atoms with E-state index in [1.165, 1.54) is 6.07 Å². The highest BCUT2D eigenvalue weighted by Gasteiger charge is 2.23. The number of carbonyl (C=O) groups excluding carboxylic acids is 1. The van der Waals surface area contributed by atoms with E-state index in [2.05, 4.69) is 26.0 Å². The largest absolute Gasteiger partial charge is 0.484 e. The maximum atomic E-state index is 14.6. The van der Waals surface area contributed by atoms with Gasteiger partial charge < -0.3 is 4.74 Å². The van der Waals surface area contributed by atoms with Gasteiger partial charge in [0.2, 0.25) is 0 Å². The summed E-state index contributed by atoms with van der Waals surface area (Å²) in [4.78, 5) is 16.9. The van der Waals surface area contributed by atoms with E-state index < -0.39 is 11.2 Å². The Hall–Kier alpha value is -2.54. The molecule has 146 valence electrons. The van der Waals surface area contributed by atoms with Crippen molar-refractivity contribution >= 4 is 21.7 Å². The first-order chi connectivity index (χ1) is 13.1. The molecule has 0 spiro atoms. The molecule has 7 heteroatoms. The Bertz CT molecular complexity index is 1020. The van der Waals surface area contributed by atoms with Crippen LogP contribution < -0.4 is 4.74 Å². The molecule has 5 nitrogen and oxygen atoms in total. The lowest BCUT2D eigenvalue weighted by Crippen LogP contribution is -2.26. The monoisotopic (exact) mass is 445 g/mol. The molecule has 28 heavy (non-hydrogen) atoms. The quantitative estimate of drug-likeness (QED) is 0.551. The van der Waals surface area contributed by atoms with Crippen LogP contribution in [0.2, 0.25) is 0 Å². The Morgan fingerprint density at radius 1 is 1.25 bits per heavy atom. The summed E-state index contributed by atoms with van der Waals surface area (Å²) in [6, 6.07) is 8.22. The molecule has 0 radical (unpaired) electrons. The van der Waals surface area contributed by atoms with E-state index in [0.717, 1.165) is 5.56 Å².